The van der Waals surface area contributed by atoms with E-state index in [1.807, 2.05) is 24.3 Å². The normalized spacial score (nSPS) is 18.6. The maximum atomic E-state index is 12.2. The van der Waals surface area contributed by atoms with Crippen LogP contribution in [-0.4, -0.2) is 45.3 Å². The molecule has 0 amide bonds. The second kappa shape index (κ2) is 5.94. The zero-order chi connectivity index (χ0) is 13.9. The maximum absolute atomic E-state index is 12.2. The third-order valence-electron chi connectivity index (χ3n) is 3.89. The minimum Gasteiger partial charge on any atom is -0.325 e. The predicted molar refractivity (Wildman–Crippen MR) is 81.7 cm³/mol. The van der Waals surface area contributed by atoms with Gasteiger partial charge in [0.25, 0.3) is 0 Å². The standard InChI is InChI=1S/C14H21BrNO2S/c1-16(8-2-3-9-16)10-11-19(17,18)12-13-4-6-14(15)7-5-13/h4-7H,2-3,8-12H2,1H3/q+1. The molecular formula is C14H21BrNO2S+. The monoisotopic (exact) mass is 346 g/mol. The molecule has 0 aliphatic carbocycles. The third-order valence-corrected chi connectivity index (χ3v) is 5.99. The van der Waals surface area contributed by atoms with E-state index in [0.29, 0.717) is 5.75 Å². The minimum atomic E-state index is -3.00. The molecule has 0 bridgehead atoms. The van der Waals surface area contributed by atoms with Gasteiger partial charge in [-0.2, -0.15) is 0 Å². The predicted octanol–water partition coefficient (Wildman–Crippen LogP) is 2.60. The van der Waals surface area contributed by atoms with Crippen LogP contribution in [0.4, 0.5) is 0 Å². The van der Waals surface area contributed by atoms with Gasteiger partial charge in [0.2, 0.25) is 0 Å². The van der Waals surface area contributed by atoms with Crippen molar-refractivity contribution >= 4 is 25.8 Å². The fraction of sp³-hybridized carbons (Fsp3) is 0.571. The van der Waals surface area contributed by atoms with Crippen molar-refractivity contribution < 1.29 is 12.9 Å². The molecule has 1 saturated heterocycles. The van der Waals surface area contributed by atoms with Gasteiger partial charge in [0.1, 0.15) is 0 Å². The topological polar surface area (TPSA) is 34.1 Å². The van der Waals surface area contributed by atoms with Crippen LogP contribution >= 0.6 is 15.9 Å². The van der Waals surface area contributed by atoms with Crippen molar-refractivity contribution in [3.05, 3.63) is 34.3 Å². The molecular weight excluding hydrogens is 326 g/mol. The van der Waals surface area contributed by atoms with Crippen LogP contribution in [0.1, 0.15) is 18.4 Å². The first kappa shape index (κ1) is 15.0. The van der Waals surface area contributed by atoms with E-state index in [1.165, 1.54) is 12.8 Å². The number of nitrogens with zero attached hydrogens (tertiary/aromatic N) is 1. The Hall–Kier alpha value is -0.390. The molecule has 19 heavy (non-hydrogen) atoms. The summed E-state index contributed by atoms with van der Waals surface area (Å²) in [4.78, 5) is 0. The van der Waals surface area contributed by atoms with E-state index in [0.717, 1.165) is 34.2 Å². The number of halogens is 1. The summed E-state index contributed by atoms with van der Waals surface area (Å²) in [7, 11) is -0.835. The first-order valence-corrected chi connectivity index (χ1v) is 9.28. The fourth-order valence-electron chi connectivity index (χ4n) is 2.59. The third kappa shape index (κ3) is 4.58. The lowest BCUT2D eigenvalue weighted by Gasteiger charge is -2.28. The van der Waals surface area contributed by atoms with Gasteiger partial charge in [-0.1, -0.05) is 28.1 Å². The molecule has 0 saturated carbocycles. The first-order valence-electron chi connectivity index (χ1n) is 6.67. The lowest BCUT2D eigenvalue weighted by atomic mass is 10.2. The summed E-state index contributed by atoms with van der Waals surface area (Å²) < 4.78 is 26.2. The number of hydrogen-bond acceptors (Lipinski definition) is 2. The number of rotatable bonds is 5. The molecule has 0 atom stereocenters. The van der Waals surface area contributed by atoms with Crippen molar-refractivity contribution in [1.82, 2.24) is 0 Å². The number of likely N-dealkylation sites (tertiary alicyclic amines) is 1. The second-order valence-electron chi connectivity index (χ2n) is 5.72. The van der Waals surface area contributed by atoms with E-state index in [1.54, 1.807) is 0 Å². The van der Waals surface area contributed by atoms with Crippen molar-refractivity contribution in [2.45, 2.75) is 18.6 Å². The highest BCUT2D eigenvalue weighted by molar-refractivity contribution is 9.10. The van der Waals surface area contributed by atoms with Crippen LogP contribution in [0.5, 0.6) is 0 Å². The molecule has 1 aromatic rings. The minimum absolute atomic E-state index is 0.153. The molecule has 0 unspecified atom stereocenters. The highest BCUT2D eigenvalue weighted by atomic mass is 79.9. The molecule has 106 valence electrons. The smallest absolute Gasteiger partial charge is 0.159 e. The lowest BCUT2D eigenvalue weighted by molar-refractivity contribution is -0.895. The van der Waals surface area contributed by atoms with Gasteiger partial charge in [0.05, 0.1) is 38.2 Å². The van der Waals surface area contributed by atoms with Crippen molar-refractivity contribution in [2.75, 3.05) is 32.4 Å². The molecule has 1 heterocycles. The van der Waals surface area contributed by atoms with Crippen molar-refractivity contribution in [3.63, 3.8) is 0 Å². The molecule has 0 spiro atoms. The van der Waals surface area contributed by atoms with Crippen molar-refractivity contribution in [3.8, 4) is 0 Å². The van der Waals surface area contributed by atoms with Crippen LogP contribution in [0.25, 0.3) is 0 Å². The van der Waals surface area contributed by atoms with Crippen LogP contribution in [0, 0.1) is 0 Å². The van der Waals surface area contributed by atoms with Crippen LogP contribution in [0.15, 0.2) is 28.7 Å². The van der Waals surface area contributed by atoms with Gasteiger partial charge in [-0.3, -0.25) is 0 Å². The summed E-state index contributed by atoms with van der Waals surface area (Å²) >= 11 is 3.36. The number of quaternary nitrogens is 1. The molecule has 1 aliphatic heterocycles. The lowest BCUT2D eigenvalue weighted by Crippen LogP contribution is -2.44. The molecule has 3 nitrogen and oxygen atoms in total. The summed E-state index contributed by atoms with van der Waals surface area (Å²) in [6.07, 6.45) is 2.45. The Kier molecular flexibility index (Phi) is 4.69. The molecule has 0 aromatic heterocycles. The molecule has 2 rings (SSSR count). The summed E-state index contributed by atoms with van der Waals surface area (Å²) in [5.74, 6) is 0.444. The van der Waals surface area contributed by atoms with Gasteiger partial charge in [0, 0.05) is 17.3 Å². The highest BCUT2D eigenvalue weighted by Gasteiger charge is 2.28. The number of benzene rings is 1. The largest absolute Gasteiger partial charge is 0.325 e. The SMILES string of the molecule is C[N+]1(CCS(=O)(=O)Cc2ccc(Br)cc2)CCCC1. The van der Waals surface area contributed by atoms with Gasteiger partial charge in [-0.05, 0) is 17.7 Å². The van der Waals surface area contributed by atoms with E-state index in [2.05, 4.69) is 23.0 Å². The molecule has 1 fully saturated rings. The zero-order valence-corrected chi connectivity index (χ0v) is 13.7. The summed E-state index contributed by atoms with van der Waals surface area (Å²) in [6, 6.07) is 7.51. The second-order valence-corrected chi connectivity index (χ2v) is 8.82. The molecule has 1 aromatic carbocycles. The van der Waals surface area contributed by atoms with Gasteiger partial charge in [0.15, 0.2) is 9.84 Å². The number of hydrogen-bond donors (Lipinski definition) is 0. The Labute approximate surface area is 124 Å². The van der Waals surface area contributed by atoms with Crippen LogP contribution in [-0.2, 0) is 15.6 Å². The summed E-state index contributed by atoms with van der Waals surface area (Å²) in [5.41, 5.74) is 0.868. The van der Waals surface area contributed by atoms with Gasteiger partial charge < -0.3 is 4.48 Å². The van der Waals surface area contributed by atoms with Crippen molar-refractivity contribution in [1.29, 1.82) is 0 Å². The van der Waals surface area contributed by atoms with E-state index >= 15 is 0 Å². The maximum Gasteiger partial charge on any atom is 0.159 e. The molecule has 5 heteroatoms. The Morgan fingerprint density at radius 3 is 2.32 bits per heavy atom. The van der Waals surface area contributed by atoms with Crippen LogP contribution in [0.3, 0.4) is 0 Å². The fourth-order valence-corrected chi connectivity index (χ4v) is 4.42. The van der Waals surface area contributed by atoms with Crippen molar-refractivity contribution in [2.24, 2.45) is 0 Å². The Morgan fingerprint density at radius 2 is 1.74 bits per heavy atom. The molecule has 0 radical (unpaired) electrons. The summed E-state index contributed by atoms with van der Waals surface area (Å²) in [5, 5.41) is 0. The summed E-state index contributed by atoms with van der Waals surface area (Å²) in [6.45, 7) is 2.99. The van der Waals surface area contributed by atoms with Crippen LogP contribution < -0.4 is 0 Å². The number of sulfone groups is 1. The zero-order valence-electron chi connectivity index (χ0n) is 11.3. The van der Waals surface area contributed by atoms with Gasteiger partial charge in [-0.15, -0.1) is 0 Å². The van der Waals surface area contributed by atoms with E-state index in [4.69, 9.17) is 0 Å². The van der Waals surface area contributed by atoms with Gasteiger partial charge >= 0.3 is 0 Å². The Bertz CT molecular complexity index is 519. The Morgan fingerprint density at radius 1 is 1.16 bits per heavy atom. The average molecular weight is 347 g/mol. The van der Waals surface area contributed by atoms with E-state index in [9.17, 15) is 8.42 Å². The highest BCUT2D eigenvalue weighted by Crippen LogP contribution is 2.17. The first-order chi connectivity index (χ1) is 8.89. The van der Waals surface area contributed by atoms with Gasteiger partial charge in [-0.25, -0.2) is 8.42 Å². The van der Waals surface area contributed by atoms with E-state index < -0.39 is 9.84 Å². The van der Waals surface area contributed by atoms with E-state index in [-0.39, 0.29) is 5.75 Å². The molecule has 0 N–H and O–H groups in total. The average Bonchev–Trinajstić information content (AvgIpc) is 2.78. The van der Waals surface area contributed by atoms with Crippen LogP contribution in [0.2, 0.25) is 0 Å². The molecule has 1 aliphatic rings. The quantitative estimate of drug-likeness (QED) is 0.768. The Balaban J connectivity index is 1.93.